The summed E-state index contributed by atoms with van der Waals surface area (Å²) >= 11 is 0. The van der Waals surface area contributed by atoms with E-state index in [9.17, 15) is 14.4 Å². The molecule has 0 saturated heterocycles. The molecule has 0 amide bonds. The number of esters is 3. The molecule has 0 aliphatic heterocycles. The van der Waals surface area contributed by atoms with Gasteiger partial charge in [0.1, 0.15) is 13.2 Å². The van der Waals surface area contributed by atoms with Crippen molar-refractivity contribution in [1.29, 1.82) is 0 Å². The van der Waals surface area contributed by atoms with E-state index in [0.29, 0.717) is 19.3 Å². The summed E-state index contributed by atoms with van der Waals surface area (Å²) < 4.78 is 16.7. The van der Waals surface area contributed by atoms with Crippen LogP contribution in [0.3, 0.4) is 0 Å². The molecule has 65 heavy (non-hydrogen) atoms. The predicted octanol–water partition coefficient (Wildman–Crippen LogP) is 18.0. The molecule has 0 aromatic carbocycles. The highest BCUT2D eigenvalue weighted by Gasteiger charge is 2.19. The summed E-state index contributed by atoms with van der Waals surface area (Å²) in [5, 5.41) is 0. The number of carbonyl (C=O) groups excluding carboxylic acids is 3. The smallest absolute Gasteiger partial charge is 0.306 e. The molecule has 0 spiro atoms. The fourth-order valence-electron chi connectivity index (χ4n) is 7.32. The highest BCUT2D eigenvalue weighted by atomic mass is 16.6. The van der Waals surface area contributed by atoms with Crippen LogP contribution in [0.25, 0.3) is 0 Å². The SMILES string of the molecule is CC/C=C\C/C=C\C/C=C\C/C=C\CCCCCCCCCCC(=O)OCC(COC(=O)CCCCCCC)OC(=O)CCCCCCCC/C=C\C/C=C\C/C=C\CCCCCCC. The first kappa shape index (κ1) is 61.6. The summed E-state index contributed by atoms with van der Waals surface area (Å²) in [6.45, 7) is 6.41. The van der Waals surface area contributed by atoms with Crippen molar-refractivity contribution < 1.29 is 28.6 Å². The standard InChI is InChI=1S/C59H100O6/c1-4-7-10-13-15-17-19-21-23-25-27-29-31-33-35-37-39-41-43-46-49-52-58(61)64-55-56(54-63-57(60)51-48-45-12-9-6-3)65-59(62)53-50-47-44-42-40-38-36-34-32-30-28-26-24-22-20-18-16-14-11-8-5-2/h7,10,15,17,20-23,26-29,32,34,56H,4-6,8-9,11-14,16,18-19,24-25,30-31,33,35-55H2,1-3H3/b10-7-,17-15-,22-20-,23-21-,28-26-,29-27-,34-32-. The van der Waals surface area contributed by atoms with Gasteiger partial charge in [0.15, 0.2) is 6.10 Å². The van der Waals surface area contributed by atoms with Crippen LogP contribution in [0.2, 0.25) is 0 Å². The maximum atomic E-state index is 12.8. The number of hydrogen-bond donors (Lipinski definition) is 0. The lowest BCUT2D eigenvalue weighted by Crippen LogP contribution is -2.30. The van der Waals surface area contributed by atoms with Crippen LogP contribution in [-0.2, 0) is 28.6 Å². The summed E-state index contributed by atoms with van der Waals surface area (Å²) in [5.74, 6) is -0.919. The zero-order chi connectivity index (χ0) is 47.2. The molecule has 1 atom stereocenters. The van der Waals surface area contributed by atoms with Crippen molar-refractivity contribution in [3.63, 3.8) is 0 Å². The first-order chi connectivity index (χ1) is 32.0. The van der Waals surface area contributed by atoms with E-state index in [2.05, 4.69) is 106 Å². The quantitative estimate of drug-likeness (QED) is 0.0262. The first-order valence-corrected chi connectivity index (χ1v) is 27.1. The van der Waals surface area contributed by atoms with E-state index in [4.69, 9.17) is 14.2 Å². The number of rotatable bonds is 48. The Balaban J connectivity index is 4.19. The van der Waals surface area contributed by atoms with Crippen molar-refractivity contribution in [2.24, 2.45) is 0 Å². The second-order valence-corrected chi connectivity index (χ2v) is 17.8. The van der Waals surface area contributed by atoms with Gasteiger partial charge in [0.05, 0.1) is 0 Å². The summed E-state index contributed by atoms with van der Waals surface area (Å²) in [4.78, 5) is 37.7. The molecule has 0 aliphatic rings. The van der Waals surface area contributed by atoms with Gasteiger partial charge in [0, 0.05) is 19.3 Å². The predicted molar refractivity (Wildman–Crippen MR) is 279 cm³/mol. The molecule has 0 aromatic rings. The molecule has 6 nitrogen and oxygen atoms in total. The van der Waals surface area contributed by atoms with Gasteiger partial charge in [-0.3, -0.25) is 14.4 Å². The molecule has 0 heterocycles. The third-order valence-corrected chi connectivity index (χ3v) is 11.4. The zero-order valence-corrected chi connectivity index (χ0v) is 42.5. The van der Waals surface area contributed by atoms with Crippen LogP contribution < -0.4 is 0 Å². The summed E-state index contributed by atoms with van der Waals surface area (Å²) in [6.07, 6.45) is 68.9. The molecule has 0 aromatic heterocycles. The van der Waals surface area contributed by atoms with Crippen LogP contribution in [0.15, 0.2) is 85.1 Å². The minimum Gasteiger partial charge on any atom is -0.462 e. The van der Waals surface area contributed by atoms with Crippen LogP contribution in [-0.4, -0.2) is 37.2 Å². The molecule has 372 valence electrons. The average molecular weight is 905 g/mol. The van der Waals surface area contributed by atoms with Gasteiger partial charge in [0.25, 0.3) is 0 Å². The van der Waals surface area contributed by atoms with Crippen molar-refractivity contribution >= 4 is 17.9 Å². The lowest BCUT2D eigenvalue weighted by molar-refractivity contribution is -0.167. The van der Waals surface area contributed by atoms with Crippen LogP contribution in [0.4, 0.5) is 0 Å². The maximum Gasteiger partial charge on any atom is 0.306 e. The molecule has 0 aliphatic carbocycles. The Labute approximate surface area is 401 Å². The van der Waals surface area contributed by atoms with Gasteiger partial charge >= 0.3 is 17.9 Å². The molecule has 0 N–H and O–H groups in total. The van der Waals surface area contributed by atoms with E-state index in [1.54, 1.807) is 0 Å². The van der Waals surface area contributed by atoms with Gasteiger partial charge in [-0.15, -0.1) is 0 Å². The molecule has 6 heteroatoms. The monoisotopic (exact) mass is 905 g/mol. The molecule has 1 unspecified atom stereocenters. The van der Waals surface area contributed by atoms with Crippen molar-refractivity contribution in [1.82, 2.24) is 0 Å². The normalized spacial score (nSPS) is 12.7. The largest absolute Gasteiger partial charge is 0.462 e. The number of unbranched alkanes of at least 4 members (excludes halogenated alkanes) is 23. The molecular weight excluding hydrogens is 805 g/mol. The summed E-state index contributed by atoms with van der Waals surface area (Å²) in [5.41, 5.74) is 0. The third kappa shape index (κ3) is 51.4. The number of carbonyl (C=O) groups is 3. The van der Waals surface area contributed by atoms with Gasteiger partial charge in [-0.05, 0) is 96.3 Å². The van der Waals surface area contributed by atoms with Crippen molar-refractivity contribution in [3.05, 3.63) is 85.1 Å². The topological polar surface area (TPSA) is 78.9 Å². The molecule has 0 bridgehead atoms. The van der Waals surface area contributed by atoms with Crippen LogP contribution in [0.1, 0.15) is 252 Å². The minimum atomic E-state index is -0.784. The highest BCUT2D eigenvalue weighted by molar-refractivity contribution is 5.71. The first-order valence-electron chi connectivity index (χ1n) is 27.1. The Morgan fingerprint density at radius 2 is 0.600 bits per heavy atom. The molecule has 0 fully saturated rings. The second kappa shape index (κ2) is 53.2. The Morgan fingerprint density at radius 3 is 0.938 bits per heavy atom. The van der Waals surface area contributed by atoms with Gasteiger partial charge in [-0.25, -0.2) is 0 Å². The molecular formula is C59H100O6. The average Bonchev–Trinajstić information content (AvgIpc) is 3.30. The van der Waals surface area contributed by atoms with E-state index in [-0.39, 0.29) is 31.1 Å². The van der Waals surface area contributed by atoms with E-state index in [1.807, 2.05) is 0 Å². The third-order valence-electron chi connectivity index (χ3n) is 11.4. The van der Waals surface area contributed by atoms with Crippen LogP contribution in [0.5, 0.6) is 0 Å². The lowest BCUT2D eigenvalue weighted by Gasteiger charge is -2.18. The number of hydrogen-bond acceptors (Lipinski definition) is 6. The Kier molecular flexibility index (Phi) is 50.4. The van der Waals surface area contributed by atoms with E-state index >= 15 is 0 Å². The Morgan fingerprint density at radius 1 is 0.323 bits per heavy atom. The van der Waals surface area contributed by atoms with Crippen molar-refractivity contribution in [2.75, 3.05) is 13.2 Å². The zero-order valence-electron chi connectivity index (χ0n) is 42.5. The number of ether oxygens (including phenoxy) is 3. The van der Waals surface area contributed by atoms with Crippen LogP contribution in [0, 0.1) is 0 Å². The molecule has 0 radical (unpaired) electrons. The van der Waals surface area contributed by atoms with Gasteiger partial charge < -0.3 is 14.2 Å². The lowest BCUT2D eigenvalue weighted by atomic mass is 10.1. The van der Waals surface area contributed by atoms with Gasteiger partial charge in [-0.1, -0.05) is 221 Å². The summed E-state index contributed by atoms with van der Waals surface area (Å²) in [6, 6.07) is 0. The fraction of sp³-hybridized carbons (Fsp3) is 0.712. The van der Waals surface area contributed by atoms with Gasteiger partial charge in [-0.2, -0.15) is 0 Å². The van der Waals surface area contributed by atoms with E-state index < -0.39 is 6.10 Å². The minimum absolute atomic E-state index is 0.0857. The van der Waals surface area contributed by atoms with Crippen molar-refractivity contribution in [3.8, 4) is 0 Å². The van der Waals surface area contributed by atoms with E-state index in [1.165, 1.54) is 89.9 Å². The molecule has 0 rings (SSSR count). The van der Waals surface area contributed by atoms with Crippen molar-refractivity contribution in [2.45, 2.75) is 258 Å². The van der Waals surface area contributed by atoms with Crippen LogP contribution >= 0.6 is 0 Å². The fourth-order valence-corrected chi connectivity index (χ4v) is 7.32. The van der Waals surface area contributed by atoms with E-state index in [0.717, 1.165) is 122 Å². The Hall–Kier alpha value is -3.41. The Bertz CT molecular complexity index is 1270. The second-order valence-electron chi connectivity index (χ2n) is 17.8. The van der Waals surface area contributed by atoms with Gasteiger partial charge in [0.2, 0.25) is 0 Å². The molecule has 0 saturated carbocycles. The maximum absolute atomic E-state index is 12.8. The summed E-state index contributed by atoms with van der Waals surface area (Å²) in [7, 11) is 0. The number of allylic oxidation sites excluding steroid dienone is 14. The highest BCUT2D eigenvalue weighted by Crippen LogP contribution is 2.14.